The Hall–Kier alpha value is -2.11. The Morgan fingerprint density at radius 3 is 2.71 bits per heavy atom. The maximum absolute atomic E-state index is 12.0. The second-order valence-corrected chi connectivity index (χ2v) is 6.44. The molecule has 3 atom stereocenters. The fourth-order valence-corrected chi connectivity index (χ4v) is 3.20. The van der Waals surface area contributed by atoms with Crippen molar-refractivity contribution in [2.45, 2.75) is 43.8 Å². The van der Waals surface area contributed by atoms with E-state index in [-0.39, 0.29) is 18.1 Å². The van der Waals surface area contributed by atoms with Gasteiger partial charge in [-0.2, -0.15) is 13.2 Å². The quantitative estimate of drug-likeness (QED) is 0.687. The molecule has 1 aromatic heterocycles. The average molecular weight is 408 g/mol. The monoisotopic (exact) mass is 408 g/mol. The topological polar surface area (TPSA) is 101 Å². The highest BCUT2D eigenvalue weighted by molar-refractivity contribution is 5.81. The van der Waals surface area contributed by atoms with Crippen LogP contribution >= 0.6 is 0 Å². The lowest BCUT2D eigenvalue weighted by molar-refractivity contribution is -0.192. The van der Waals surface area contributed by atoms with Gasteiger partial charge in [-0.1, -0.05) is 0 Å². The second kappa shape index (κ2) is 9.89. The predicted molar refractivity (Wildman–Crippen MR) is 89.4 cm³/mol. The van der Waals surface area contributed by atoms with E-state index >= 15 is 0 Å². The van der Waals surface area contributed by atoms with Crippen molar-refractivity contribution in [3.05, 3.63) is 24.2 Å². The summed E-state index contributed by atoms with van der Waals surface area (Å²) in [6, 6.07) is 2.32. The molecule has 2 aliphatic rings. The maximum atomic E-state index is 12.0. The molecule has 0 bridgehead atoms. The number of methoxy groups -OCH3 is 1. The summed E-state index contributed by atoms with van der Waals surface area (Å²) in [4.78, 5) is 23.3. The van der Waals surface area contributed by atoms with Gasteiger partial charge in [0, 0.05) is 44.8 Å². The van der Waals surface area contributed by atoms with Crippen LogP contribution in [0.3, 0.4) is 0 Å². The lowest BCUT2D eigenvalue weighted by atomic mass is 10.1. The van der Waals surface area contributed by atoms with Gasteiger partial charge in [0.1, 0.15) is 6.10 Å². The van der Waals surface area contributed by atoms with Gasteiger partial charge in [-0.25, -0.2) is 4.79 Å². The largest absolute Gasteiger partial charge is 0.490 e. The first-order valence-electron chi connectivity index (χ1n) is 8.69. The van der Waals surface area contributed by atoms with Crippen LogP contribution in [0.2, 0.25) is 0 Å². The molecule has 28 heavy (non-hydrogen) atoms. The Balaban J connectivity index is 0.000000345. The van der Waals surface area contributed by atoms with Crippen LogP contribution in [0.4, 0.5) is 13.2 Å². The molecule has 2 aliphatic heterocycles. The second-order valence-electron chi connectivity index (χ2n) is 6.44. The molecule has 8 nitrogen and oxygen atoms in total. The summed E-state index contributed by atoms with van der Waals surface area (Å²) in [5.74, 6) is -2.78. The van der Waals surface area contributed by atoms with Crippen molar-refractivity contribution in [1.29, 1.82) is 0 Å². The van der Waals surface area contributed by atoms with Gasteiger partial charge in [0.25, 0.3) is 0 Å². The smallest absolute Gasteiger partial charge is 0.475 e. The van der Waals surface area contributed by atoms with E-state index in [9.17, 15) is 18.0 Å². The molecule has 11 heteroatoms. The fraction of sp³-hybridized carbons (Fsp3) is 0.647. The summed E-state index contributed by atoms with van der Waals surface area (Å²) in [5, 5.41) is 9.98. The molecule has 0 unspecified atom stereocenters. The van der Waals surface area contributed by atoms with E-state index < -0.39 is 12.1 Å². The Morgan fingerprint density at radius 2 is 2.14 bits per heavy atom. The molecule has 0 spiro atoms. The van der Waals surface area contributed by atoms with Crippen molar-refractivity contribution in [3.8, 4) is 0 Å². The molecule has 1 amide bonds. The van der Waals surface area contributed by atoms with E-state index in [2.05, 4.69) is 10.2 Å². The minimum atomic E-state index is -5.08. The molecule has 2 saturated heterocycles. The van der Waals surface area contributed by atoms with Crippen LogP contribution in [0.25, 0.3) is 0 Å². The number of halogens is 3. The molecule has 0 radical (unpaired) electrons. The number of carboxylic acids is 1. The van der Waals surface area contributed by atoms with Gasteiger partial charge in [0.05, 0.1) is 25.2 Å². The number of nitrogens with zero attached hydrogens (tertiary/aromatic N) is 1. The minimum Gasteiger partial charge on any atom is -0.475 e. The van der Waals surface area contributed by atoms with Gasteiger partial charge in [-0.15, -0.1) is 0 Å². The number of likely N-dealkylation sites (tertiary alicyclic amines) is 1. The molecule has 1 aromatic rings. The van der Waals surface area contributed by atoms with Crippen LogP contribution in [-0.2, 0) is 25.6 Å². The van der Waals surface area contributed by atoms with Crippen LogP contribution in [0.5, 0.6) is 0 Å². The SMILES string of the molecule is COCCNC(=O)[C@@H]1C[C@@H]2[C@@H](CCN2Cc2ccoc2)O1.O=C(O)C(F)(F)F. The Kier molecular flexibility index (Phi) is 7.84. The number of fused-ring (bicyclic) bond motifs is 1. The number of rotatable bonds is 6. The van der Waals surface area contributed by atoms with Crippen molar-refractivity contribution in [3.63, 3.8) is 0 Å². The molecule has 3 rings (SSSR count). The first kappa shape index (κ1) is 22.2. The summed E-state index contributed by atoms with van der Waals surface area (Å²) in [7, 11) is 1.62. The van der Waals surface area contributed by atoms with Crippen LogP contribution in [0, 0.1) is 0 Å². The standard InChI is InChI=1S/C15H22N2O4.C2HF3O2/c1-19-7-4-16-15(18)14-8-12-13(21-14)2-5-17(12)9-11-3-6-20-10-11;3-2(4,5)1(6)7/h3,6,10,12-14H,2,4-5,7-9H2,1H3,(H,16,18);(H,6,7)/t12-,13-,14+;/m1./s1. The van der Waals surface area contributed by atoms with Crippen molar-refractivity contribution in [2.24, 2.45) is 0 Å². The summed E-state index contributed by atoms with van der Waals surface area (Å²) in [5.41, 5.74) is 1.17. The van der Waals surface area contributed by atoms with Crippen LogP contribution in [0.1, 0.15) is 18.4 Å². The number of carbonyl (C=O) groups is 2. The first-order valence-corrected chi connectivity index (χ1v) is 8.69. The number of carbonyl (C=O) groups excluding carboxylic acids is 1. The molecule has 3 heterocycles. The molecular formula is C17H23F3N2O6. The van der Waals surface area contributed by atoms with Gasteiger partial charge >= 0.3 is 12.1 Å². The molecule has 0 aliphatic carbocycles. The van der Waals surface area contributed by atoms with Crippen molar-refractivity contribution in [1.82, 2.24) is 10.2 Å². The molecular weight excluding hydrogens is 385 g/mol. The van der Waals surface area contributed by atoms with E-state index in [1.165, 1.54) is 5.56 Å². The Bertz CT molecular complexity index is 637. The van der Waals surface area contributed by atoms with E-state index in [1.807, 2.05) is 6.07 Å². The normalized spacial score (nSPS) is 24.4. The van der Waals surface area contributed by atoms with Crippen LogP contribution < -0.4 is 5.32 Å². The number of aliphatic carboxylic acids is 1. The highest BCUT2D eigenvalue weighted by Crippen LogP contribution is 2.33. The van der Waals surface area contributed by atoms with E-state index in [0.717, 1.165) is 25.9 Å². The van der Waals surface area contributed by atoms with Gasteiger partial charge in [0.2, 0.25) is 5.91 Å². The third-order valence-electron chi connectivity index (χ3n) is 4.50. The third-order valence-corrected chi connectivity index (χ3v) is 4.50. The first-order chi connectivity index (χ1) is 13.2. The number of furan rings is 1. The van der Waals surface area contributed by atoms with Crippen LogP contribution in [0.15, 0.2) is 23.0 Å². The fourth-order valence-electron chi connectivity index (χ4n) is 3.20. The highest BCUT2D eigenvalue weighted by Gasteiger charge is 2.45. The molecule has 158 valence electrons. The number of ether oxygens (including phenoxy) is 2. The van der Waals surface area contributed by atoms with E-state index in [0.29, 0.717) is 19.2 Å². The number of hydrogen-bond acceptors (Lipinski definition) is 6. The zero-order valence-electron chi connectivity index (χ0n) is 15.3. The Morgan fingerprint density at radius 1 is 1.43 bits per heavy atom. The Labute approximate surface area is 159 Å². The maximum Gasteiger partial charge on any atom is 0.490 e. The molecule has 0 aromatic carbocycles. The zero-order valence-corrected chi connectivity index (χ0v) is 15.3. The molecule has 2 fully saturated rings. The lowest BCUT2D eigenvalue weighted by Gasteiger charge is -2.21. The highest BCUT2D eigenvalue weighted by atomic mass is 19.4. The molecule has 2 N–H and O–H groups in total. The lowest BCUT2D eigenvalue weighted by Crippen LogP contribution is -2.37. The van der Waals surface area contributed by atoms with Gasteiger partial charge < -0.3 is 24.3 Å². The predicted octanol–water partition coefficient (Wildman–Crippen LogP) is 1.41. The number of nitrogens with one attached hydrogen (secondary N) is 1. The summed E-state index contributed by atoms with van der Waals surface area (Å²) in [6.07, 6.45) is -0.0109. The van der Waals surface area contributed by atoms with Gasteiger partial charge in [-0.3, -0.25) is 9.69 Å². The zero-order chi connectivity index (χ0) is 20.7. The van der Waals surface area contributed by atoms with Crippen molar-refractivity contribution in [2.75, 3.05) is 26.8 Å². The van der Waals surface area contributed by atoms with Gasteiger partial charge in [0.15, 0.2) is 0 Å². The number of amides is 1. The van der Waals surface area contributed by atoms with Crippen LogP contribution in [-0.4, -0.2) is 73.1 Å². The summed E-state index contributed by atoms with van der Waals surface area (Å²) < 4.78 is 47.7. The average Bonchev–Trinajstić information content (AvgIpc) is 3.34. The summed E-state index contributed by atoms with van der Waals surface area (Å²) >= 11 is 0. The molecule has 0 saturated carbocycles. The number of alkyl halides is 3. The van der Waals surface area contributed by atoms with E-state index in [4.69, 9.17) is 23.8 Å². The minimum absolute atomic E-state index is 0.0234. The third kappa shape index (κ3) is 6.21. The van der Waals surface area contributed by atoms with E-state index in [1.54, 1.807) is 19.6 Å². The van der Waals surface area contributed by atoms with Gasteiger partial charge in [-0.05, 0) is 12.5 Å². The number of hydrogen-bond donors (Lipinski definition) is 2. The van der Waals surface area contributed by atoms with Crippen molar-refractivity contribution >= 4 is 11.9 Å². The number of carboxylic acid groups (broad SMARTS) is 1. The van der Waals surface area contributed by atoms with Crippen molar-refractivity contribution < 1.29 is 41.8 Å². The summed E-state index contributed by atoms with van der Waals surface area (Å²) in [6.45, 7) is 2.93.